The standard InChI is InChI=1S/C19H16BrClN2O3/c20-8-1-4-14(13(21)5-8)22-15(24)7-23-18(25)16-9-2-3-10(12-6-11(9)12)17(16)19(23)26/h1-5,9-12,16-17H,6-7H2,(H,22,24)/t9-,10-,11-,12+,16-,17+/m0/s1. The molecule has 1 saturated heterocycles. The zero-order valence-electron chi connectivity index (χ0n) is 13.7. The smallest absolute Gasteiger partial charge is 0.244 e. The number of anilines is 1. The summed E-state index contributed by atoms with van der Waals surface area (Å²) in [6, 6.07) is 5.11. The van der Waals surface area contributed by atoms with Gasteiger partial charge in [-0.15, -0.1) is 0 Å². The molecule has 7 heteroatoms. The Morgan fingerprint density at radius 1 is 1.15 bits per heavy atom. The van der Waals surface area contributed by atoms with E-state index in [4.69, 9.17) is 11.6 Å². The number of nitrogens with one attached hydrogen (secondary N) is 1. The number of amides is 3. The third-order valence-corrected chi connectivity index (χ3v) is 7.07. The maximum absolute atomic E-state index is 12.9. The van der Waals surface area contributed by atoms with Gasteiger partial charge in [0.25, 0.3) is 0 Å². The molecular weight excluding hydrogens is 420 g/mol. The second-order valence-electron chi connectivity index (χ2n) is 7.59. The van der Waals surface area contributed by atoms with Crippen LogP contribution in [0.25, 0.3) is 0 Å². The van der Waals surface area contributed by atoms with Crippen molar-refractivity contribution in [2.24, 2.45) is 35.5 Å². The van der Waals surface area contributed by atoms with Crippen molar-refractivity contribution in [3.63, 3.8) is 0 Å². The number of rotatable bonds is 3. The third-order valence-electron chi connectivity index (χ3n) is 6.26. The van der Waals surface area contributed by atoms with Crippen LogP contribution in [0.15, 0.2) is 34.8 Å². The van der Waals surface area contributed by atoms with Crippen molar-refractivity contribution >= 4 is 50.9 Å². The molecule has 0 spiro atoms. The van der Waals surface area contributed by atoms with E-state index in [0.717, 1.165) is 15.8 Å². The van der Waals surface area contributed by atoms with Crippen molar-refractivity contribution in [1.82, 2.24) is 4.90 Å². The van der Waals surface area contributed by atoms with Crippen LogP contribution in [0, 0.1) is 35.5 Å². The highest BCUT2D eigenvalue weighted by atomic mass is 79.9. The van der Waals surface area contributed by atoms with E-state index in [0.29, 0.717) is 22.5 Å². The van der Waals surface area contributed by atoms with E-state index in [-0.39, 0.29) is 42.0 Å². The Bertz CT molecular complexity index is 850. The van der Waals surface area contributed by atoms with Gasteiger partial charge in [0.1, 0.15) is 6.54 Å². The third kappa shape index (κ3) is 2.31. The molecule has 26 heavy (non-hydrogen) atoms. The first-order valence-corrected chi connectivity index (χ1v) is 9.91. The second-order valence-corrected chi connectivity index (χ2v) is 8.91. The van der Waals surface area contributed by atoms with Gasteiger partial charge in [0.05, 0.1) is 22.5 Å². The van der Waals surface area contributed by atoms with Crippen molar-refractivity contribution in [3.8, 4) is 0 Å². The summed E-state index contributed by atoms with van der Waals surface area (Å²) in [5, 5.41) is 3.08. The zero-order chi connectivity index (χ0) is 18.2. The van der Waals surface area contributed by atoms with Crippen LogP contribution in [0.1, 0.15) is 6.42 Å². The Morgan fingerprint density at radius 3 is 2.35 bits per heavy atom. The van der Waals surface area contributed by atoms with Crippen molar-refractivity contribution in [1.29, 1.82) is 0 Å². The van der Waals surface area contributed by atoms with Crippen LogP contribution in [-0.2, 0) is 14.4 Å². The molecule has 2 bridgehead atoms. The van der Waals surface area contributed by atoms with Crippen molar-refractivity contribution in [2.45, 2.75) is 6.42 Å². The molecule has 1 N–H and O–H groups in total. The predicted octanol–water partition coefficient (Wildman–Crippen LogP) is 3.09. The van der Waals surface area contributed by atoms with E-state index in [2.05, 4.69) is 33.4 Å². The first-order chi connectivity index (χ1) is 12.5. The summed E-state index contributed by atoms with van der Waals surface area (Å²) in [5.41, 5.74) is 0.458. The average Bonchev–Trinajstić information content (AvgIpc) is 3.39. The molecule has 5 aliphatic rings. The minimum absolute atomic E-state index is 0.167. The summed E-state index contributed by atoms with van der Waals surface area (Å²) in [6.07, 6.45) is 5.37. The predicted molar refractivity (Wildman–Crippen MR) is 99.2 cm³/mol. The summed E-state index contributed by atoms with van der Waals surface area (Å²) in [4.78, 5) is 39.3. The second kappa shape index (κ2) is 5.67. The highest BCUT2D eigenvalue weighted by Crippen LogP contribution is 2.65. The molecule has 3 amide bonds. The summed E-state index contributed by atoms with van der Waals surface area (Å²) in [5.74, 6) is 0.0942. The molecule has 1 aromatic rings. The molecule has 1 aromatic carbocycles. The van der Waals surface area contributed by atoms with Crippen LogP contribution in [0.5, 0.6) is 0 Å². The summed E-state index contributed by atoms with van der Waals surface area (Å²) < 4.78 is 0.802. The van der Waals surface area contributed by atoms with Gasteiger partial charge in [-0.25, -0.2) is 0 Å². The van der Waals surface area contributed by atoms with E-state index in [1.165, 1.54) is 0 Å². The fourth-order valence-corrected chi connectivity index (χ4v) is 5.82. The van der Waals surface area contributed by atoms with Gasteiger partial charge in [0.2, 0.25) is 17.7 Å². The highest BCUT2D eigenvalue weighted by molar-refractivity contribution is 9.10. The minimum Gasteiger partial charge on any atom is -0.323 e. The fraction of sp³-hybridized carbons (Fsp3) is 0.421. The SMILES string of the molecule is O=C(CN1C(=O)[C@@H]2[C@H]3C=C[C@@H]([C@@H]4C[C@H]34)[C@@H]2C1=O)Nc1ccc(Br)cc1Cl. The number of carbonyl (C=O) groups is 3. The van der Waals surface area contributed by atoms with E-state index in [1.807, 2.05) is 0 Å². The maximum Gasteiger partial charge on any atom is 0.244 e. The van der Waals surface area contributed by atoms with Gasteiger partial charge in [0.15, 0.2) is 0 Å². The topological polar surface area (TPSA) is 66.5 Å². The number of benzene rings is 1. The largest absolute Gasteiger partial charge is 0.323 e. The van der Waals surface area contributed by atoms with Crippen LogP contribution in [-0.4, -0.2) is 29.2 Å². The van der Waals surface area contributed by atoms with Gasteiger partial charge in [-0.2, -0.15) is 0 Å². The van der Waals surface area contributed by atoms with E-state index >= 15 is 0 Å². The van der Waals surface area contributed by atoms with Gasteiger partial charge >= 0.3 is 0 Å². The lowest BCUT2D eigenvalue weighted by Gasteiger charge is -2.37. The Balaban J connectivity index is 1.33. The number of likely N-dealkylation sites (tertiary alicyclic amines) is 1. The number of nitrogens with zero attached hydrogens (tertiary/aromatic N) is 1. The van der Waals surface area contributed by atoms with Crippen LogP contribution >= 0.6 is 27.5 Å². The lowest BCUT2D eigenvalue weighted by Crippen LogP contribution is -2.40. The Morgan fingerprint density at radius 2 is 1.77 bits per heavy atom. The molecule has 0 unspecified atom stereocenters. The van der Waals surface area contributed by atoms with Gasteiger partial charge in [-0.3, -0.25) is 19.3 Å². The molecule has 134 valence electrons. The lowest BCUT2D eigenvalue weighted by molar-refractivity contribution is -0.142. The molecule has 1 heterocycles. The molecule has 6 rings (SSSR count). The Kier molecular flexibility index (Phi) is 3.60. The fourth-order valence-electron chi connectivity index (χ4n) is 5.10. The monoisotopic (exact) mass is 434 g/mol. The van der Waals surface area contributed by atoms with Crippen LogP contribution in [0.2, 0.25) is 5.02 Å². The van der Waals surface area contributed by atoms with Gasteiger partial charge in [-0.1, -0.05) is 39.7 Å². The highest BCUT2D eigenvalue weighted by Gasteiger charge is 2.67. The van der Waals surface area contributed by atoms with Crippen LogP contribution < -0.4 is 5.32 Å². The minimum atomic E-state index is -0.417. The molecule has 0 aromatic heterocycles. The Hall–Kier alpha value is -1.66. The molecule has 4 aliphatic carbocycles. The quantitative estimate of drug-likeness (QED) is 0.586. The summed E-state index contributed by atoms with van der Waals surface area (Å²) in [7, 11) is 0. The normalized spacial score (nSPS) is 36.2. The molecule has 6 atom stereocenters. The number of hydrogen-bond donors (Lipinski definition) is 1. The number of imide groups is 1. The molecular formula is C19H16BrClN2O3. The average molecular weight is 436 g/mol. The van der Waals surface area contributed by atoms with Gasteiger partial charge in [-0.05, 0) is 48.3 Å². The zero-order valence-corrected chi connectivity index (χ0v) is 16.0. The lowest BCUT2D eigenvalue weighted by atomic mass is 9.63. The van der Waals surface area contributed by atoms with Gasteiger partial charge in [0, 0.05) is 4.47 Å². The summed E-state index contributed by atoms with van der Waals surface area (Å²) >= 11 is 9.42. The van der Waals surface area contributed by atoms with E-state index < -0.39 is 5.91 Å². The van der Waals surface area contributed by atoms with Crippen molar-refractivity contribution < 1.29 is 14.4 Å². The van der Waals surface area contributed by atoms with E-state index in [1.54, 1.807) is 18.2 Å². The van der Waals surface area contributed by atoms with Crippen LogP contribution in [0.3, 0.4) is 0 Å². The molecule has 1 aliphatic heterocycles. The Labute approximate surface area is 163 Å². The summed E-state index contributed by atoms with van der Waals surface area (Å²) in [6.45, 7) is -0.258. The first kappa shape index (κ1) is 16.5. The molecule has 0 radical (unpaired) electrons. The molecule has 5 nitrogen and oxygen atoms in total. The molecule has 2 saturated carbocycles. The number of halogens is 2. The maximum atomic E-state index is 12.9. The van der Waals surface area contributed by atoms with E-state index in [9.17, 15) is 14.4 Å². The first-order valence-electron chi connectivity index (χ1n) is 8.74. The molecule has 3 fully saturated rings. The van der Waals surface area contributed by atoms with Crippen LogP contribution in [0.4, 0.5) is 5.69 Å². The van der Waals surface area contributed by atoms with Crippen molar-refractivity contribution in [3.05, 3.63) is 39.8 Å². The number of hydrogen-bond acceptors (Lipinski definition) is 3. The van der Waals surface area contributed by atoms with Crippen molar-refractivity contribution in [2.75, 3.05) is 11.9 Å². The number of allylic oxidation sites excluding steroid dienone is 2. The number of carbonyl (C=O) groups excluding carboxylic acids is 3. The van der Waals surface area contributed by atoms with Gasteiger partial charge < -0.3 is 5.32 Å².